The number of fused-ring (bicyclic) bond motifs is 2. The third kappa shape index (κ3) is 9.51. The number of benzene rings is 3. The highest BCUT2D eigenvalue weighted by Crippen LogP contribution is 2.44. The highest BCUT2D eigenvalue weighted by atomic mass is 35.5. The molecule has 1 fully saturated rings. The molecule has 65 heavy (non-hydrogen) atoms. The number of hydrogen-bond acceptors (Lipinski definition) is 12. The predicted octanol–water partition coefficient (Wildman–Crippen LogP) is 8.94. The number of halogens is 1. The zero-order valence-corrected chi connectivity index (χ0v) is 37.7. The number of carbonyl (C=O) groups is 1. The van der Waals surface area contributed by atoms with E-state index in [9.17, 15) is 23.3 Å². The van der Waals surface area contributed by atoms with Crippen LogP contribution in [0.4, 0.5) is 11.4 Å². The van der Waals surface area contributed by atoms with E-state index in [-0.39, 0.29) is 47.0 Å². The molecule has 336 valence electrons. The Morgan fingerprint density at radius 3 is 2.52 bits per heavy atom. The van der Waals surface area contributed by atoms with E-state index in [0.29, 0.717) is 35.9 Å². The topological polar surface area (TPSA) is 182 Å². The Bertz CT molecular complexity index is 2930. The number of nitro benzene ring substituents is 1. The Hall–Kier alpha value is -6.49. The third-order valence-electron chi connectivity index (χ3n) is 12.5. The van der Waals surface area contributed by atoms with Gasteiger partial charge in [0.25, 0.3) is 21.6 Å². The van der Waals surface area contributed by atoms with E-state index in [4.69, 9.17) is 25.8 Å². The lowest BCUT2D eigenvalue weighted by Gasteiger charge is -2.39. The van der Waals surface area contributed by atoms with Gasteiger partial charge in [0.1, 0.15) is 28.6 Å². The van der Waals surface area contributed by atoms with E-state index >= 15 is 0 Å². The van der Waals surface area contributed by atoms with Gasteiger partial charge >= 0.3 is 0 Å². The molecule has 15 nitrogen and oxygen atoms in total. The molecule has 1 saturated heterocycles. The fraction of sp³-hybridized carbons (Fsp3) is 0.312. The molecule has 3 aromatic carbocycles. The van der Waals surface area contributed by atoms with Gasteiger partial charge in [-0.3, -0.25) is 24.8 Å². The maximum absolute atomic E-state index is 14.1. The summed E-state index contributed by atoms with van der Waals surface area (Å²) in [6.45, 7) is 8.67. The van der Waals surface area contributed by atoms with Gasteiger partial charge in [-0.25, -0.2) is 18.1 Å². The molecule has 3 aromatic heterocycles. The number of carbonyl (C=O) groups excluding carboxylic acids is 1. The summed E-state index contributed by atoms with van der Waals surface area (Å²) in [6, 6.07) is 22.4. The average Bonchev–Trinajstić information content (AvgIpc) is 3.77. The van der Waals surface area contributed by atoms with Crippen LogP contribution in [0.3, 0.4) is 0 Å². The van der Waals surface area contributed by atoms with Crippen LogP contribution in [-0.4, -0.2) is 85.5 Å². The molecule has 3 aliphatic rings. The third-order valence-corrected chi connectivity index (χ3v) is 14.1. The van der Waals surface area contributed by atoms with E-state index in [1.807, 2.05) is 18.2 Å². The van der Waals surface area contributed by atoms with Gasteiger partial charge in [-0.15, -0.1) is 0 Å². The number of allylic oxidation sites excluding steroid dienone is 1. The Labute approximate surface area is 381 Å². The van der Waals surface area contributed by atoms with Gasteiger partial charge in [0, 0.05) is 84.8 Å². The number of nitrogens with one attached hydrogen (secondary N) is 2. The lowest BCUT2D eigenvalue weighted by Crippen LogP contribution is -2.47. The Balaban J connectivity index is 0.950. The Morgan fingerprint density at radius 1 is 1.00 bits per heavy atom. The number of methoxy groups -OCH3 is 1. The summed E-state index contributed by atoms with van der Waals surface area (Å²) in [5.41, 5.74) is 6.11. The molecule has 5 heterocycles. The van der Waals surface area contributed by atoms with Crippen molar-refractivity contribution in [1.29, 1.82) is 0 Å². The lowest BCUT2D eigenvalue weighted by molar-refractivity contribution is -0.386. The molecule has 1 atom stereocenters. The van der Waals surface area contributed by atoms with Gasteiger partial charge in [-0.05, 0) is 90.8 Å². The van der Waals surface area contributed by atoms with Crippen molar-refractivity contribution in [2.24, 2.45) is 5.41 Å². The SMILES string of the molecule is COc1ccc([C@@H]2COc3cc(S(=O)(=O)NC(=O)c4ccc(N5CCN(CC6=C(c7ccc(Cl)cc7)CC(C)(C)CC6)CC5)cc4Oc4cnc5[nH]ccc5c4)cc([N+](=O)[O-])c3C2)nc1. The Morgan fingerprint density at radius 2 is 1.78 bits per heavy atom. The molecule has 9 rings (SSSR count). The first-order valence-corrected chi connectivity index (χ1v) is 23.3. The molecule has 0 saturated carbocycles. The number of rotatable bonds is 12. The van der Waals surface area contributed by atoms with Crippen molar-refractivity contribution < 1.29 is 32.3 Å². The number of sulfonamides is 1. The van der Waals surface area contributed by atoms with Crippen molar-refractivity contribution in [3.8, 4) is 23.0 Å². The summed E-state index contributed by atoms with van der Waals surface area (Å²) >= 11 is 6.25. The molecule has 2 N–H and O–H groups in total. The van der Waals surface area contributed by atoms with Gasteiger partial charge in [-0.1, -0.05) is 43.2 Å². The van der Waals surface area contributed by atoms with Crippen LogP contribution in [0.15, 0.2) is 108 Å². The molecule has 0 spiro atoms. The maximum Gasteiger partial charge on any atom is 0.277 e. The molecule has 17 heteroatoms. The second-order valence-corrected chi connectivity index (χ2v) is 19.6. The number of hydrogen-bond donors (Lipinski definition) is 2. The smallest absolute Gasteiger partial charge is 0.277 e. The highest BCUT2D eigenvalue weighted by molar-refractivity contribution is 7.90. The van der Waals surface area contributed by atoms with E-state index in [2.05, 4.69) is 55.5 Å². The monoisotopic (exact) mass is 917 g/mol. The van der Waals surface area contributed by atoms with Crippen LogP contribution in [0.5, 0.6) is 23.0 Å². The molecule has 0 bridgehead atoms. The second-order valence-electron chi connectivity index (χ2n) is 17.5. The second kappa shape index (κ2) is 17.8. The molecular formula is C48H48ClN7O8S. The fourth-order valence-corrected chi connectivity index (χ4v) is 10.0. The minimum Gasteiger partial charge on any atom is -0.495 e. The van der Waals surface area contributed by atoms with Crippen LogP contribution in [0, 0.1) is 15.5 Å². The summed E-state index contributed by atoms with van der Waals surface area (Å²) in [5.74, 6) is -0.269. The number of nitro groups is 1. The van der Waals surface area contributed by atoms with Gasteiger partial charge in [0.2, 0.25) is 0 Å². The molecular weight excluding hydrogens is 870 g/mol. The van der Waals surface area contributed by atoms with Crippen molar-refractivity contribution in [2.45, 2.75) is 50.3 Å². The summed E-state index contributed by atoms with van der Waals surface area (Å²) in [7, 11) is -3.14. The van der Waals surface area contributed by atoms with E-state index < -0.39 is 31.4 Å². The fourth-order valence-electron chi connectivity index (χ4n) is 8.91. The van der Waals surface area contributed by atoms with Crippen LogP contribution in [-0.2, 0) is 16.4 Å². The van der Waals surface area contributed by atoms with Gasteiger partial charge in [0.05, 0.1) is 47.1 Å². The summed E-state index contributed by atoms with van der Waals surface area (Å²) in [6.07, 6.45) is 8.18. The number of aromatic amines is 1. The lowest BCUT2D eigenvalue weighted by atomic mass is 9.72. The highest BCUT2D eigenvalue weighted by Gasteiger charge is 2.34. The quantitative estimate of drug-likeness (QED) is 0.0880. The minimum atomic E-state index is -4.67. The van der Waals surface area contributed by atoms with Crippen LogP contribution in [0.25, 0.3) is 16.6 Å². The number of H-pyrrole nitrogens is 1. The first-order chi connectivity index (χ1) is 31.2. The Kier molecular flexibility index (Phi) is 12.0. The van der Waals surface area contributed by atoms with Crippen LogP contribution in [0.1, 0.15) is 66.2 Å². The zero-order chi connectivity index (χ0) is 45.5. The zero-order valence-electron chi connectivity index (χ0n) is 36.2. The van der Waals surface area contributed by atoms with E-state index in [1.165, 1.54) is 42.1 Å². The number of piperazine rings is 1. The van der Waals surface area contributed by atoms with Gasteiger partial charge in [-0.2, -0.15) is 0 Å². The molecule has 6 aromatic rings. The molecule has 1 aliphatic carbocycles. The first-order valence-electron chi connectivity index (χ1n) is 21.4. The van der Waals surface area contributed by atoms with Crippen molar-refractivity contribution >= 4 is 55.5 Å². The van der Waals surface area contributed by atoms with E-state index in [1.54, 1.807) is 42.7 Å². The largest absolute Gasteiger partial charge is 0.495 e. The van der Waals surface area contributed by atoms with Crippen LogP contribution < -0.4 is 23.8 Å². The number of nitrogens with zero attached hydrogens (tertiary/aromatic N) is 5. The van der Waals surface area contributed by atoms with Gasteiger partial charge < -0.3 is 24.1 Å². The number of aromatic nitrogens is 3. The van der Waals surface area contributed by atoms with Crippen LogP contribution >= 0.6 is 11.6 Å². The first kappa shape index (κ1) is 43.7. The average molecular weight is 918 g/mol. The summed E-state index contributed by atoms with van der Waals surface area (Å²) in [5, 5.41) is 13.9. The summed E-state index contributed by atoms with van der Waals surface area (Å²) < 4.78 is 47.5. The van der Waals surface area contributed by atoms with E-state index in [0.717, 1.165) is 61.1 Å². The number of amides is 1. The maximum atomic E-state index is 14.1. The summed E-state index contributed by atoms with van der Waals surface area (Å²) in [4.78, 5) is 41.9. The normalized spacial score (nSPS) is 17.6. The standard InChI is InChI=1S/C48H48ClN7O8S/c1-48(2)14-12-32(41(25-48)30-4-6-34(49)7-5-30)28-54-16-18-55(19-17-54)35-8-10-39(45(22-35)64-37-20-31-13-15-50-46(31)52-27-37)47(57)53-65(60,61)38-23-43(56(58)59)40-21-33(29-63-44(40)24-38)42-11-9-36(62-3)26-51-42/h4-11,13,15,20,22-24,26-27,33H,12,14,16-19,21,25,28-29H2,1-3H3,(H,50,52)(H,53,57)/t33-/m0/s1. The molecule has 0 radical (unpaired) electrons. The van der Waals surface area contributed by atoms with Crippen molar-refractivity contribution in [1.82, 2.24) is 24.6 Å². The number of ether oxygens (including phenoxy) is 3. The number of pyridine rings is 2. The molecule has 1 amide bonds. The number of anilines is 1. The van der Waals surface area contributed by atoms with Gasteiger partial charge in [0.15, 0.2) is 0 Å². The van der Waals surface area contributed by atoms with Crippen LogP contribution in [0.2, 0.25) is 5.02 Å². The predicted molar refractivity (Wildman–Crippen MR) is 248 cm³/mol. The van der Waals surface area contributed by atoms with Crippen molar-refractivity contribution in [2.75, 3.05) is 51.3 Å². The minimum absolute atomic E-state index is 0.0410. The van der Waals surface area contributed by atoms with Crippen molar-refractivity contribution in [3.63, 3.8) is 0 Å². The molecule has 0 unspecified atom stereocenters. The van der Waals surface area contributed by atoms with Crippen molar-refractivity contribution in [3.05, 3.63) is 141 Å². The molecule has 2 aliphatic heterocycles.